The van der Waals surface area contributed by atoms with Gasteiger partial charge in [0.25, 0.3) is 0 Å². The van der Waals surface area contributed by atoms with Gasteiger partial charge in [-0.1, -0.05) is 42.5 Å². The molecular formula is C18H21NO2S2. The Morgan fingerprint density at radius 3 is 2.43 bits per heavy atom. The molecule has 0 radical (unpaired) electrons. The molecule has 2 aromatic carbocycles. The summed E-state index contributed by atoms with van der Waals surface area (Å²) in [7, 11) is -3.38. The first kappa shape index (κ1) is 16.6. The van der Waals surface area contributed by atoms with Crippen LogP contribution >= 0.6 is 11.8 Å². The van der Waals surface area contributed by atoms with Crippen LogP contribution in [0.25, 0.3) is 0 Å². The topological polar surface area (TPSA) is 37.4 Å². The Labute approximate surface area is 142 Å². The van der Waals surface area contributed by atoms with Gasteiger partial charge >= 0.3 is 0 Å². The van der Waals surface area contributed by atoms with Crippen molar-refractivity contribution in [2.24, 2.45) is 0 Å². The van der Waals surface area contributed by atoms with Gasteiger partial charge in [-0.15, -0.1) is 0 Å². The molecule has 0 amide bonds. The zero-order valence-electron chi connectivity index (χ0n) is 13.2. The van der Waals surface area contributed by atoms with Gasteiger partial charge in [-0.25, -0.2) is 8.42 Å². The van der Waals surface area contributed by atoms with Crippen LogP contribution < -0.4 is 0 Å². The maximum atomic E-state index is 12.8. The Hall–Kier alpha value is -1.30. The molecule has 122 valence electrons. The van der Waals surface area contributed by atoms with Gasteiger partial charge in [-0.2, -0.15) is 16.1 Å². The summed E-state index contributed by atoms with van der Waals surface area (Å²) in [6, 6.07) is 17.1. The van der Waals surface area contributed by atoms with Crippen LogP contribution in [0, 0.1) is 6.92 Å². The van der Waals surface area contributed by atoms with E-state index in [0.29, 0.717) is 23.2 Å². The van der Waals surface area contributed by atoms with Crippen LogP contribution in [0.1, 0.15) is 22.8 Å². The van der Waals surface area contributed by atoms with Crippen molar-refractivity contribution in [3.05, 3.63) is 65.7 Å². The molecule has 5 heteroatoms. The Kier molecular flexibility index (Phi) is 5.09. The molecule has 0 aromatic heterocycles. The van der Waals surface area contributed by atoms with Gasteiger partial charge in [0.2, 0.25) is 10.0 Å². The molecule has 0 N–H and O–H groups in total. The van der Waals surface area contributed by atoms with Gasteiger partial charge in [0.15, 0.2) is 0 Å². The maximum Gasteiger partial charge on any atom is 0.243 e. The smallest absolute Gasteiger partial charge is 0.207 e. The van der Waals surface area contributed by atoms with E-state index in [1.54, 1.807) is 28.6 Å². The van der Waals surface area contributed by atoms with E-state index >= 15 is 0 Å². The lowest BCUT2D eigenvalue weighted by molar-refractivity contribution is 0.428. The van der Waals surface area contributed by atoms with Crippen LogP contribution in [-0.4, -0.2) is 31.6 Å². The number of rotatable bonds is 3. The third kappa shape index (κ3) is 3.62. The molecule has 1 heterocycles. The van der Waals surface area contributed by atoms with E-state index in [0.717, 1.165) is 12.2 Å². The van der Waals surface area contributed by atoms with E-state index in [4.69, 9.17) is 0 Å². The number of sulfonamides is 1. The molecule has 3 rings (SSSR count). The highest BCUT2D eigenvalue weighted by molar-refractivity contribution is 7.99. The molecule has 1 atom stereocenters. The second-order valence-corrected chi connectivity index (χ2v) is 8.97. The van der Waals surface area contributed by atoms with E-state index in [9.17, 15) is 8.42 Å². The summed E-state index contributed by atoms with van der Waals surface area (Å²) < 4.78 is 27.2. The molecule has 23 heavy (non-hydrogen) atoms. The molecule has 0 aliphatic carbocycles. The zero-order chi connectivity index (χ0) is 16.3. The van der Waals surface area contributed by atoms with Crippen LogP contribution in [0.4, 0.5) is 0 Å². The summed E-state index contributed by atoms with van der Waals surface area (Å²) in [5, 5.41) is 0.368. The summed E-state index contributed by atoms with van der Waals surface area (Å²) in [4.78, 5) is 0.388. The fourth-order valence-corrected chi connectivity index (χ4v) is 5.85. The fraction of sp³-hybridized carbons (Fsp3) is 0.333. The van der Waals surface area contributed by atoms with Crippen molar-refractivity contribution < 1.29 is 8.42 Å². The average molecular weight is 348 g/mol. The SMILES string of the molecule is Cc1ccccc1C1CCN(S(=O)(=O)c2ccccc2)CCS1. The minimum atomic E-state index is -3.38. The quantitative estimate of drug-likeness (QED) is 0.846. The Balaban J connectivity index is 1.78. The van der Waals surface area contributed by atoms with Crippen LogP contribution in [0.3, 0.4) is 0 Å². The van der Waals surface area contributed by atoms with E-state index in [-0.39, 0.29) is 0 Å². The number of hydrogen-bond acceptors (Lipinski definition) is 3. The predicted molar refractivity (Wildman–Crippen MR) is 96.2 cm³/mol. The van der Waals surface area contributed by atoms with Crippen molar-refractivity contribution in [2.75, 3.05) is 18.8 Å². The van der Waals surface area contributed by atoms with Gasteiger partial charge in [0.05, 0.1) is 4.90 Å². The summed E-state index contributed by atoms with van der Waals surface area (Å²) in [5.41, 5.74) is 2.61. The van der Waals surface area contributed by atoms with Crippen LogP contribution in [0.2, 0.25) is 0 Å². The van der Waals surface area contributed by atoms with Gasteiger partial charge in [-0.05, 0) is 36.6 Å². The van der Waals surface area contributed by atoms with Crippen molar-refractivity contribution >= 4 is 21.8 Å². The van der Waals surface area contributed by atoms with E-state index in [2.05, 4.69) is 25.1 Å². The van der Waals surface area contributed by atoms with Gasteiger partial charge in [0, 0.05) is 24.1 Å². The number of nitrogens with zero attached hydrogens (tertiary/aromatic N) is 1. The number of thioether (sulfide) groups is 1. The number of hydrogen-bond donors (Lipinski definition) is 0. The zero-order valence-corrected chi connectivity index (χ0v) is 14.8. The average Bonchev–Trinajstić information content (AvgIpc) is 2.83. The first-order valence-electron chi connectivity index (χ1n) is 7.81. The highest BCUT2D eigenvalue weighted by atomic mass is 32.2. The molecule has 1 aliphatic heterocycles. The minimum absolute atomic E-state index is 0.368. The molecule has 3 nitrogen and oxygen atoms in total. The molecule has 1 unspecified atom stereocenters. The summed E-state index contributed by atoms with van der Waals surface area (Å²) >= 11 is 1.86. The van der Waals surface area contributed by atoms with Crippen molar-refractivity contribution in [1.82, 2.24) is 4.31 Å². The Morgan fingerprint density at radius 2 is 1.70 bits per heavy atom. The van der Waals surface area contributed by atoms with Crippen LogP contribution in [-0.2, 0) is 10.0 Å². The van der Waals surface area contributed by atoms with E-state index in [1.165, 1.54) is 11.1 Å². The summed E-state index contributed by atoms with van der Waals surface area (Å²) in [6.45, 7) is 3.27. The standard InChI is InChI=1S/C18H21NO2S2/c1-15-7-5-6-10-17(15)18-11-12-19(13-14-22-18)23(20,21)16-8-3-2-4-9-16/h2-10,18H,11-14H2,1H3. The third-order valence-electron chi connectivity index (χ3n) is 4.22. The monoisotopic (exact) mass is 347 g/mol. The Morgan fingerprint density at radius 1 is 1.00 bits per heavy atom. The van der Waals surface area contributed by atoms with Crippen LogP contribution in [0.15, 0.2) is 59.5 Å². The van der Waals surface area contributed by atoms with Gasteiger partial charge in [-0.3, -0.25) is 0 Å². The maximum absolute atomic E-state index is 12.8. The van der Waals surface area contributed by atoms with E-state index < -0.39 is 10.0 Å². The van der Waals surface area contributed by atoms with Gasteiger partial charge < -0.3 is 0 Å². The van der Waals surface area contributed by atoms with Crippen molar-refractivity contribution in [3.63, 3.8) is 0 Å². The predicted octanol–water partition coefficient (Wildman–Crippen LogP) is 3.86. The normalized spacial score (nSPS) is 20.1. The van der Waals surface area contributed by atoms with Crippen molar-refractivity contribution in [3.8, 4) is 0 Å². The number of benzene rings is 2. The third-order valence-corrected chi connectivity index (χ3v) is 7.44. The lowest BCUT2D eigenvalue weighted by Crippen LogP contribution is -2.33. The second-order valence-electron chi connectivity index (χ2n) is 5.72. The van der Waals surface area contributed by atoms with Crippen molar-refractivity contribution in [2.45, 2.75) is 23.5 Å². The summed E-state index contributed by atoms with van der Waals surface area (Å²) in [6.07, 6.45) is 0.849. The molecule has 2 aromatic rings. The largest absolute Gasteiger partial charge is 0.243 e. The highest BCUT2D eigenvalue weighted by Gasteiger charge is 2.28. The van der Waals surface area contributed by atoms with Crippen molar-refractivity contribution in [1.29, 1.82) is 0 Å². The van der Waals surface area contributed by atoms with Gasteiger partial charge in [0.1, 0.15) is 0 Å². The first-order chi connectivity index (χ1) is 11.1. The van der Waals surface area contributed by atoms with E-state index in [1.807, 2.05) is 23.9 Å². The highest BCUT2D eigenvalue weighted by Crippen LogP contribution is 2.36. The minimum Gasteiger partial charge on any atom is -0.207 e. The van der Waals surface area contributed by atoms with Crippen LogP contribution in [0.5, 0.6) is 0 Å². The summed E-state index contributed by atoms with van der Waals surface area (Å²) in [5.74, 6) is 0.824. The first-order valence-corrected chi connectivity index (χ1v) is 10.3. The molecule has 1 aliphatic rings. The molecule has 0 bridgehead atoms. The second kappa shape index (κ2) is 7.07. The molecular weight excluding hydrogens is 326 g/mol. The molecule has 0 spiro atoms. The molecule has 0 saturated carbocycles. The number of aryl methyl sites for hydroxylation is 1. The Bertz CT molecular complexity index is 760. The lowest BCUT2D eigenvalue weighted by atomic mass is 10.0. The lowest BCUT2D eigenvalue weighted by Gasteiger charge is -2.20. The molecule has 1 saturated heterocycles. The fourth-order valence-electron chi connectivity index (χ4n) is 2.93. The molecule has 1 fully saturated rings.